The van der Waals surface area contributed by atoms with Crippen LogP contribution in [0, 0.1) is 6.92 Å². The maximum absolute atomic E-state index is 13.4. The largest absolute Gasteiger partial charge is 0.335 e. The zero-order valence-corrected chi connectivity index (χ0v) is 16.3. The third-order valence-corrected chi connectivity index (χ3v) is 4.99. The highest BCUT2D eigenvalue weighted by molar-refractivity contribution is 6.06. The number of rotatable bonds is 4. The van der Waals surface area contributed by atoms with E-state index in [1.165, 1.54) is 0 Å². The molecule has 0 aliphatic heterocycles. The first-order valence-electron chi connectivity index (χ1n) is 8.97. The lowest BCUT2D eigenvalue weighted by molar-refractivity contribution is 0.0744. The molecule has 26 heavy (non-hydrogen) atoms. The highest BCUT2D eigenvalue weighted by Crippen LogP contribution is 2.28. The van der Waals surface area contributed by atoms with Crippen molar-refractivity contribution in [3.05, 3.63) is 58.9 Å². The molecule has 0 saturated carbocycles. The van der Waals surface area contributed by atoms with Gasteiger partial charge in [0.25, 0.3) is 5.91 Å². The van der Waals surface area contributed by atoms with Crippen LogP contribution in [0.4, 0.5) is 0 Å². The van der Waals surface area contributed by atoms with Crippen LogP contribution in [0.3, 0.4) is 0 Å². The van der Waals surface area contributed by atoms with Crippen molar-refractivity contribution >= 4 is 16.9 Å². The van der Waals surface area contributed by atoms with Crippen LogP contribution in [0.15, 0.2) is 36.4 Å². The fourth-order valence-corrected chi connectivity index (χ4v) is 3.25. The smallest absolute Gasteiger partial charge is 0.254 e. The summed E-state index contributed by atoms with van der Waals surface area (Å²) in [7, 11) is 3.73. The van der Waals surface area contributed by atoms with E-state index in [1.54, 1.807) is 9.58 Å². The molecule has 5 heteroatoms. The molecule has 0 N–H and O–H groups in total. The van der Waals surface area contributed by atoms with Crippen molar-refractivity contribution in [3.8, 4) is 0 Å². The Morgan fingerprint density at radius 2 is 1.81 bits per heavy atom. The van der Waals surface area contributed by atoms with Crippen molar-refractivity contribution < 1.29 is 4.79 Å². The summed E-state index contributed by atoms with van der Waals surface area (Å²) in [6.07, 6.45) is 0. The molecule has 5 nitrogen and oxygen atoms in total. The number of hydrogen-bond acceptors (Lipinski definition) is 3. The van der Waals surface area contributed by atoms with Gasteiger partial charge in [0, 0.05) is 19.8 Å². The number of amides is 1. The van der Waals surface area contributed by atoms with Crippen molar-refractivity contribution in [1.82, 2.24) is 19.7 Å². The van der Waals surface area contributed by atoms with Crippen LogP contribution >= 0.6 is 0 Å². The predicted octanol–water partition coefficient (Wildman–Crippen LogP) is 4.23. The third kappa shape index (κ3) is 3.09. The standard InChI is InChI=1S/C21H26N4O/c1-13(2)18-12-17(19-14(3)23-25(6)20(19)22-18)21(26)24(5)15(4)16-10-8-7-9-11-16/h7-13,15H,1-6H3/t15-/m0/s1. The van der Waals surface area contributed by atoms with E-state index in [0.717, 1.165) is 28.0 Å². The summed E-state index contributed by atoms with van der Waals surface area (Å²) in [6, 6.07) is 12.0. The second-order valence-corrected chi connectivity index (χ2v) is 7.16. The highest BCUT2D eigenvalue weighted by atomic mass is 16.2. The fraction of sp³-hybridized carbons (Fsp3) is 0.381. The molecule has 0 spiro atoms. The number of aryl methyl sites for hydroxylation is 2. The van der Waals surface area contributed by atoms with E-state index < -0.39 is 0 Å². The number of fused-ring (bicyclic) bond motifs is 1. The minimum absolute atomic E-state index is 0.00764. The van der Waals surface area contributed by atoms with Crippen molar-refractivity contribution in [3.63, 3.8) is 0 Å². The van der Waals surface area contributed by atoms with Crippen LogP contribution in [0.2, 0.25) is 0 Å². The SMILES string of the molecule is Cc1nn(C)c2nc(C(C)C)cc(C(=O)N(C)[C@@H](C)c3ccccc3)c12. The van der Waals surface area contributed by atoms with E-state index in [9.17, 15) is 4.79 Å². The van der Waals surface area contributed by atoms with E-state index in [-0.39, 0.29) is 17.9 Å². The predicted molar refractivity (Wildman–Crippen MR) is 104 cm³/mol. The van der Waals surface area contributed by atoms with Gasteiger partial charge in [-0.3, -0.25) is 9.48 Å². The molecule has 0 unspecified atom stereocenters. The third-order valence-electron chi connectivity index (χ3n) is 4.99. The Bertz CT molecular complexity index is 944. The van der Waals surface area contributed by atoms with Gasteiger partial charge in [0.1, 0.15) is 0 Å². The van der Waals surface area contributed by atoms with Crippen molar-refractivity contribution in [2.45, 2.75) is 39.7 Å². The Morgan fingerprint density at radius 3 is 2.42 bits per heavy atom. The quantitative estimate of drug-likeness (QED) is 0.707. The number of hydrogen-bond donors (Lipinski definition) is 0. The lowest BCUT2D eigenvalue weighted by Crippen LogP contribution is -2.30. The van der Waals surface area contributed by atoms with Gasteiger partial charge in [0.05, 0.1) is 22.7 Å². The molecular weight excluding hydrogens is 324 g/mol. The average Bonchev–Trinajstić information content (AvgIpc) is 2.94. The molecule has 0 radical (unpaired) electrons. The fourth-order valence-electron chi connectivity index (χ4n) is 3.25. The van der Waals surface area contributed by atoms with E-state index in [2.05, 4.69) is 18.9 Å². The van der Waals surface area contributed by atoms with Gasteiger partial charge in [0.15, 0.2) is 5.65 Å². The summed E-state index contributed by atoms with van der Waals surface area (Å²) in [5.74, 6) is 0.227. The summed E-state index contributed by atoms with van der Waals surface area (Å²) in [5, 5.41) is 5.32. The lowest BCUT2D eigenvalue weighted by atomic mass is 10.0. The van der Waals surface area contributed by atoms with Gasteiger partial charge in [-0.05, 0) is 31.4 Å². The van der Waals surface area contributed by atoms with Crippen molar-refractivity contribution in [1.29, 1.82) is 0 Å². The molecule has 1 atom stereocenters. The molecule has 0 fully saturated rings. The van der Waals surface area contributed by atoms with Gasteiger partial charge in [-0.1, -0.05) is 44.2 Å². The summed E-state index contributed by atoms with van der Waals surface area (Å²) in [6.45, 7) is 8.14. The first kappa shape index (κ1) is 18.1. The molecule has 2 aromatic heterocycles. The van der Waals surface area contributed by atoms with Crippen LogP contribution < -0.4 is 0 Å². The van der Waals surface area contributed by atoms with Gasteiger partial charge in [-0.2, -0.15) is 5.10 Å². The number of nitrogens with zero attached hydrogens (tertiary/aromatic N) is 4. The first-order chi connectivity index (χ1) is 12.3. The van der Waals surface area contributed by atoms with Gasteiger partial charge in [0.2, 0.25) is 0 Å². The van der Waals surface area contributed by atoms with E-state index >= 15 is 0 Å². The molecule has 1 aromatic carbocycles. The molecule has 1 amide bonds. The Balaban J connectivity index is 2.10. The highest BCUT2D eigenvalue weighted by Gasteiger charge is 2.24. The first-order valence-corrected chi connectivity index (χ1v) is 8.97. The second-order valence-electron chi connectivity index (χ2n) is 7.16. The van der Waals surface area contributed by atoms with E-state index in [1.807, 2.05) is 64.3 Å². The van der Waals surface area contributed by atoms with Crippen LogP contribution in [0.25, 0.3) is 11.0 Å². The van der Waals surface area contributed by atoms with Crippen molar-refractivity contribution in [2.75, 3.05) is 7.05 Å². The molecule has 2 heterocycles. The minimum Gasteiger partial charge on any atom is -0.335 e. The topological polar surface area (TPSA) is 51.0 Å². The summed E-state index contributed by atoms with van der Waals surface area (Å²) >= 11 is 0. The number of carbonyl (C=O) groups excluding carboxylic acids is 1. The Kier molecular flexibility index (Phi) is 4.81. The molecule has 3 rings (SSSR count). The summed E-state index contributed by atoms with van der Waals surface area (Å²) < 4.78 is 1.76. The number of aromatic nitrogens is 3. The molecule has 0 aliphatic rings. The monoisotopic (exact) mass is 350 g/mol. The molecule has 0 saturated heterocycles. The van der Waals surface area contributed by atoms with Crippen molar-refractivity contribution in [2.24, 2.45) is 7.05 Å². The van der Waals surface area contributed by atoms with Crippen LogP contribution in [0.1, 0.15) is 60.0 Å². The van der Waals surface area contributed by atoms with Crippen LogP contribution in [-0.4, -0.2) is 32.6 Å². The van der Waals surface area contributed by atoms with Gasteiger partial charge in [-0.15, -0.1) is 0 Å². The zero-order chi connectivity index (χ0) is 19.0. The summed E-state index contributed by atoms with van der Waals surface area (Å²) in [4.78, 5) is 19.9. The van der Waals surface area contributed by atoms with Gasteiger partial charge >= 0.3 is 0 Å². The number of benzene rings is 1. The normalized spacial score (nSPS) is 12.6. The number of carbonyl (C=O) groups is 1. The Morgan fingerprint density at radius 1 is 1.15 bits per heavy atom. The molecule has 3 aromatic rings. The molecule has 136 valence electrons. The zero-order valence-electron chi connectivity index (χ0n) is 16.3. The second kappa shape index (κ2) is 6.90. The molecular formula is C21H26N4O. The van der Waals surface area contributed by atoms with Crippen LogP contribution in [0.5, 0.6) is 0 Å². The van der Waals surface area contributed by atoms with Crippen LogP contribution in [-0.2, 0) is 7.05 Å². The minimum atomic E-state index is -0.0219. The maximum Gasteiger partial charge on any atom is 0.254 e. The molecule has 0 bridgehead atoms. The Labute approximate surface area is 154 Å². The van der Waals surface area contributed by atoms with Gasteiger partial charge in [-0.25, -0.2) is 4.98 Å². The van der Waals surface area contributed by atoms with E-state index in [0.29, 0.717) is 5.56 Å². The molecule has 0 aliphatic carbocycles. The van der Waals surface area contributed by atoms with Gasteiger partial charge < -0.3 is 4.90 Å². The van der Waals surface area contributed by atoms with E-state index in [4.69, 9.17) is 4.98 Å². The summed E-state index contributed by atoms with van der Waals surface area (Å²) in [5.41, 5.74) is 4.28. The average molecular weight is 350 g/mol. The Hall–Kier alpha value is -2.69. The lowest BCUT2D eigenvalue weighted by Gasteiger charge is -2.26. The number of pyridine rings is 1. The maximum atomic E-state index is 13.4.